The lowest BCUT2D eigenvalue weighted by atomic mass is 10.1. The maximum Gasteiger partial charge on any atom is 0.231 e. The lowest BCUT2D eigenvalue weighted by molar-refractivity contribution is 0.174. The molecule has 2 aliphatic rings. The van der Waals surface area contributed by atoms with Crippen LogP contribution in [0.3, 0.4) is 0 Å². The minimum absolute atomic E-state index is 0.280. The predicted octanol–water partition coefficient (Wildman–Crippen LogP) is 4.90. The number of aromatic nitrogens is 1. The van der Waals surface area contributed by atoms with Gasteiger partial charge in [-0.05, 0) is 43.5 Å². The van der Waals surface area contributed by atoms with Crippen LogP contribution in [-0.4, -0.2) is 17.4 Å². The fourth-order valence-corrected chi connectivity index (χ4v) is 3.64. The molecule has 1 N–H and O–H groups in total. The minimum Gasteiger partial charge on any atom is -0.454 e. The molecule has 1 fully saturated rings. The van der Waals surface area contributed by atoms with Gasteiger partial charge in [-0.3, -0.25) is 0 Å². The van der Waals surface area contributed by atoms with Crippen LogP contribution in [0.1, 0.15) is 24.1 Å². The van der Waals surface area contributed by atoms with Crippen molar-refractivity contribution in [3.8, 4) is 28.4 Å². The van der Waals surface area contributed by atoms with Crippen LogP contribution < -0.4 is 14.8 Å². The van der Waals surface area contributed by atoms with Crippen molar-refractivity contribution in [3.05, 3.63) is 72.4 Å². The highest BCUT2D eigenvalue weighted by molar-refractivity contribution is 5.75. The maximum atomic E-state index is 5.60. The van der Waals surface area contributed by atoms with Crippen LogP contribution in [0.5, 0.6) is 11.5 Å². The summed E-state index contributed by atoms with van der Waals surface area (Å²) in [5, 5.41) is 3.54. The Labute approximate surface area is 159 Å². The molecule has 27 heavy (non-hydrogen) atoms. The van der Waals surface area contributed by atoms with Crippen LogP contribution in [0.4, 0.5) is 0 Å². The second-order valence-corrected chi connectivity index (χ2v) is 7.16. The molecular weight excluding hydrogens is 336 g/mol. The summed E-state index contributed by atoms with van der Waals surface area (Å²) in [5.41, 5.74) is 6.67. The minimum atomic E-state index is 0.280. The van der Waals surface area contributed by atoms with Crippen LogP contribution >= 0.6 is 0 Å². The number of fused-ring (bicyclic) bond motifs is 1. The zero-order valence-corrected chi connectivity index (χ0v) is 15.4. The third kappa shape index (κ3) is 2.87. The van der Waals surface area contributed by atoms with Gasteiger partial charge in [-0.1, -0.05) is 36.9 Å². The number of ether oxygens (including phenoxy) is 2. The van der Waals surface area contributed by atoms with Crippen molar-refractivity contribution in [1.82, 2.24) is 9.88 Å². The van der Waals surface area contributed by atoms with Gasteiger partial charge in [-0.15, -0.1) is 0 Å². The highest BCUT2D eigenvalue weighted by Gasteiger charge is 2.24. The summed E-state index contributed by atoms with van der Waals surface area (Å²) in [4.78, 5) is 0. The van der Waals surface area contributed by atoms with Gasteiger partial charge >= 0.3 is 0 Å². The summed E-state index contributed by atoms with van der Waals surface area (Å²) in [5.74, 6) is 1.58. The molecule has 1 aliphatic carbocycles. The molecule has 2 aromatic carbocycles. The van der Waals surface area contributed by atoms with Crippen molar-refractivity contribution >= 4 is 5.70 Å². The molecule has 3 aromatic rings. The predicted molar refractivity (Wildman–Crippen MR) is 107 cm³/mol. The van der Waals surface area contributed by atoms with E-state index in [0.29, 0.717) is 6.04 Å². The quantitative estimate of drug-likeness (QED) is 0.704. The summed E-state index contributed by atoms with van der Waals surface area (Å²) in [6.07, 6.45) is 2.46. The number of nitrogens with one attached hydrogen (secondary N) is 1. The number of benzene rings is 2. The van der Waals surface area contributed by atoms with Gasteiger partial charge in [0.25, 0.3) is 0 Å². The molecule has 0 bridgehead atoms. The third-order valence-corrected chi connectivity index (χ3v) is 5.21. The van der Waals surface area contributed by atoms with E-state index in [0.717, 1.165) is 39.8 Å². The van der Waals surface area contributed by atoms with E-state index in [9.17, 15) is 0 Å². The van der Waals surface area contributed by atoms with Gasteiger partial charge in [0.15, 0.2) is 11.5 Å². The molecular formula is C23H22N2O2. The number of nitrogens with zero attached hydrogens (tertiary/aromatic N) is 1. The van der Waals surface area contributed by atoms with E-state index < -0.39 is 0 Å². The molecule has 1 aliphatic heterocycles. The van der Waals surface area contributed by atoms with Crippen molar-refractivity contribution < 1.29 is 9.47 Å². The molecule has 2 heterocycles. The lowest BCUT2D eigenvalue weighted by Gasteiger charge is -2.14. The molecule has 0 saturated heterocycles. The Balaban J connectivity index is 1.65. The van der Waals surface area contributed by atoms with E-state index in [1.165, 1.54) is 18.4 Å². The smallest absolute Gasteiger partial charge is 0.231 e. The zero-order valence-electron chi connectivity index (χ0n) is 15.4. The van der Waals surface area contributed by atoms with Crippen molar-refractivity contribution in [3.63, 3.8) is 0 Å². The van der Waals surface area contributed by atoms with Gasteiger partial charge in [-0.2, -0.15) is 0 Å². The molecule has 0 unspecified atom stereocenters. The van der Waals surface area contributed by atoms with E-state index in [2.05, 4.69) is 59.8 Å². The van der Waals surface area contributed by atoms with Crippen LogP contribution in [0.15, 0.2) is 61.2 Å². The summed E-state index contributed by atoms with van der Waals surface area (Å²) < 4.78 is 13.3. The average Bonchev–Trinajstić information content (AvgIpc) is 3.25. The van der Waals surface area contributed by atoms with Crippen LogP contribution in [0.2, 0.25) is 0 Å². The molecule has 0 atom stereocenters. The van der Waals surface area contributed by atoms with E-state index in [1.54, 1.807) is 0 Å². The van der Waals surface area contributed by atoms with E-state index in [1.807, 2.05) is 18.2 Å². The standard InChI is InChI=1S/C23H22N2O2/c1-15(24-18-8-9-18)20-13-21(17-6-4-3-5-7-17)25(16(20)2)19-10-11-22-23(12-19)27-14-26-22/h3-7,10-13,18,24H,1,8-9,14H2,2H3. The topological polar surface area (TPSA) is 35.4 Å². The van der Waals surface area contributed by atoms with Gasteiger partial charge in [0.1, 0.15) is 0 Å². The number of rotatable bonds is 5. The number of hydrogen-bond donors (Lipinski definition) is 1. The second kappa shape index (κ2) is 6.23. The summed E-state index contributed by atoms with van der Waals surface area (Å²) >= 11 is 0. The Kier molecular flexibility index (Phi) is 3.71. The van der Waals surface area contributed by atoms with Crippen LogP contribution in [0, 0.1) is 6.92 Å². The van der Waals surface area contributed by atoms with Gasteiger partial charge in [0.05, 0.1) is 5.69 Å². The number of hydrogen-bond acceptors (Lipinski definition) is 3. The molecule has 4 heteroatoms. The Morgan fingerprint density at radius 1 is 1.04 bits per heavy atom. The summed E-state index contributed by atoms with van der Waals surface area (Å²) in [7, 11) is 0. The first-order valence-corrected chi connectivity index (χ1v) is 9.34. The third-order valence-electron chi connectivity index (χ3n) is 5.21. The molecule has 5 rings (SSSR count). The highest BCUT2D eigenvalue weighted by Crippen LogP contribution is 2.38. The fourth-order valence-electron chi connectivity index (χ4n) is 3.64. The molecule has 4 nitrogen and oxygen atoms in total. The molecule has 1 aromatic heterocycles. The first-order chi connectivity index (χ1) is 13.2. The molecule has 0 amide bonds. The Morgan fingerprint density at radius 2 is 1.81 bits per heavy atom. The maximum absolute atomic E-state index is 5.60. The normalized spacial score (nSPS) is 15.0. The summed E-state index contributed by atoms with van der Waals surface area (Å²) in [6.45, 7) is 6.72. The molecule has 136 valence electrons. The van der Waals surface area contributed by atoms with Crippen LogP contribution in [-0.2, 0) is 0 Å². The Hall–Kier alpha value is -3.14. The van der Waals surface area contributed by atoms with Crippen LogP contribution in [0.25, 0.3) is 22.6 Å². The Morgan fingerprint density at radius 3 is 2.59 bits per heavy atom. The fraction of sp³-hybridized carbons (Fsp3) is 0.217. The molecule has 0 radical (unpaired) electrons. The van der Waals surface area contributed by atoms with Crippen molar-refractivity contribution in [1.29, 1.82) is 0 Å². The molecule has 1 saturated carbocycles. The van der Waals surface area contributed by atoms with E-state index in [4.69, 9.17) is 9.47 Å². The lowest BCUT2D eigenvalue weighted by Crippen LogP contribution is -2.13. The average molecular weight is 358 g/mol. The molecule has 0 spiro atoms. The first-order valence-electron chi connectivity index (χ1n) is 9.34. The van der Waals surface area contributed by atoms with Crippen molar-refractivity contribution in [2.75, 3.05) is 6.79 Å². The van der Waals surface area contributed by atoms with Gasteiger partial charge in [-0.25, -0.2) is 0 Å². The first kappa shape index (κ1) is 16.1. The van der Waals surface area contributed by atoms with Gasteiger partial charge in [0.2, 0.25) is 6.79 Å². The van der Waals surface area contributed by atoms with E-state index >= 15 is 0 Å². The van der Waals surface area contributed by atoms with Crippen molar-refractivity contribution in [2.45, 2.75) is 25.8 Å². The summed E-state index contributed by atoms with van der Waals surface area (Å²) in [6, 6.07) is 19.4. The zero-order chi connectivity index (χ0) is 18.4. The van der Waals surface area contributed by atoms with Crippen molar-refractivity contribution in [2.24, 2.45) is 0 Å². The van der Waals surface area contributed by atoms with Gasteiger partial charge in [0, 0.05) is 34.8 Å². The highest BCUT2D eigenvalue weighted by atomic mass is 16.7. The van der Waals surface area contributed by atoms with Gasteiger partial charge < -0.3 is 19.4 Å². The largest absolute Gasteiger partial charge is 0.454 e. The monoisotopic (exact) mass is 358 g/mol. The second-order valence-electron chi connectivity index (χ2n) is 7.16. The Bertz CT molecular complexity index is 1020. The van der Waals surface area contributed by atoms with E-state index in [-0.39, 0.29) is 6.79 Å². The SMILES string of the molecule is C=C(NC1CC1)c1cc(-c2ccccc2)n(-c2ccc3c(c2)OCO3)c1C.